The predicted molar refractivity (Wildman–Crippen MR) is 335 cm³/mol. The van der Waals surface area contributed by atoms with Crippen LogP contribution in [0.15, 0.2) is 22.1 Å². The highest BCUT2D eigenvalue weighted by molar-refractivity contribution is 6.02. The first-order valence-corrected chi connectivity index (χ1v) is 28.2. The molecule has 84 heavy (non-hydrogen) atoms. The number of likely N-dealkylation sites (N-methyl/N-ethyl adjacent to an activating group) is 3. The summed E-state index contributed by atoms with van der Waals surface area (Å²) in [5.41, 5.74) is -1.75. The van der Waals surface area contributed by atoms with Gasteiger partial charge in [0.2, 0.25) is 29.6 Å². The summed E-state index contributed by atoms with van der Waals surface area (Å²) >= 11 is 0. The number of halogens is 1. The van der Waals surface area contributed by atoms with Crippen LogP contribution in [0.1, 0.15) is 244 Å². The Balaban J connectivity index is -0.000000402. The molecule has 0 aromatic carbocycles. The summed E-state index contributed by atoms with van der Waals surface area (Å²) in [7, 11) is 0. The molecule has 0 saturated carbocycles. The van der Waals surface area contributed by atoms with Crippen LogP contribution in [0.4, 0.5) is 9.59 Å². The van der Waals surface area contributed by atoms with Crippen molar-refractivity contribution in [2.45, 2.75) is 242 Å². The van der Waals surface area contributed by atoms with Crippen LogP contribution >= 0.6 is 12.4 Å². The van der Waals surface area contributed by atoms with Crippen molar-refractivity contribution in [1.29, 1.82) is 5.41 Å². The van der Waals surface area contributed by atoms with E-state index in [9.17, 15) is 38.4 Å². The highest BCUT2D eigenvalue weighted by atomic mass is 35.5. The number of aliphatic hydroxyl groups excluding tert-OH is 1. The third kappa shape index (κ3) is 52.9. The van der Waals surface area contributed by atoms with Gasteiger partial charge in [0.15, 0.2) is 5.96 Å². The molecule has 24 heteroatoms. The smallest absolute Gasteiger partial charge is 0.437 e. The average Bonchev–Trinajstić information content (AvgIpc) is 0.909. The summed E-state index contributed by atoms with van der Waals surface area (Å²) in [5, 5.41) is 22.3. The lowest BCUT2D eigenvalue weighted by Crippen LogP contribution is -2.45. The number of esters is 3. The van der Waals surface area contributed by atoms with Crippen LogP contribution in [-0.2, 0) is 52.5 Å². The van der Waals surface area contributed by atoms with Gasteiger partial charge in [-0.2, -0.15) is 0 Å². The molecule has 0 aromatic rings. The molecular weight excluding hydrogens is 1110 g/mol. The number of cyclic esters (lactones) is 3. The van der Waals surface area contributed by atoms with E-state index in [-0.39, 0.29) is 80.4 Å². The molecule has 2 saturated heterocycles. The van der Waals surface area contributed by atoms with Gasteiger partial charge in [-0.25, -0.2) is 9.59 Å². The van der Waals surface area contributed by atoms with Crippen LogP contribution < -0.4 is 16.0 Å². The first-order valence-electron chi connectivity index (χ1n) is 32.7. The fourth-order valence-electron chi connectivity index (χ4n) is 7.05. The zero-order valence-electron chi connectivity index (χ0n) is 58.2. The predicted octanol–water partition coefficient (Wildman–Crippen LogP) is 10.9. The number of hydrogen-bond donors (Lipinski definition) is 5. The first kappa shape index (κ1) is 68.9. The summed E-state index contributed by atoms with van der Waals surface area (Å²) in [6, 6.07) is 0. The van der Waals surface area contributed by atoms with Crippen LogP contribution in [0.5, 0.6) is 0 Å². The molecule has 2 fully saturated rings. The molecule has 5 amide bonds. The standard InChI is InChI=1S/C20H35N3O5.C20H33N3O5.C15H27N3O3.C2H6O.3CH4.ClH/c2*1-20(2,3)28-19(26)22-18-21-16(24)13-11-9-7-5-6-8-10-12-14-27-17(25)15-23(18)4;1-18-12-14(20)21-11-9-7-5-3-2-4-6-8-10-13(19)17-15(18)16;1-2-3;;;;/h5-15H2,1-4H3,(H,21,22,24,26);5-6H,7-15H2,1-4H3,(H,21,22,24,26);2-12H2,1H3,(H2,16,17,19);3H,2H2,1H3;3*1H4;1H/b;6-5+;;;;;;/i2*4D3;1D3;;;;;. The maximum absolute atomic E-state index is 12.4. The third-order valence-corrected chi connectivity index (χ3v) is 10.9. The maximum Gasteiger partial charge on any atom is 0.437 e. The van der Waals surface area contributed by atoms with Crippen LogP contribution in [0, 0.1) is 5.41 Å². The van der Waals surface area contributed by atoms with Gasteiger partial charge in [-0.1, -0.05) is 111 Å². The largest absolute Gasteiger partial charge is 0.464 e. The summed E-state index contributed by atoms with van der Waals surface area (Å²) in [6.07, 6.45) is 22.0. The van der Waals surface area contributed by atoms with Gasteiger partial charge in [0.25, 0.3) is 0 Å². The Morgan fingerprint density at radius 1 is 0.524 bits per heavy atom. The number of carbonyl (C=O) groups excluding carboxylic acids is 8. The number of hydrogen-bond acceptors (Lipinski definition) is 15. The number of allylic oxidation sites excluding steroid dienone is 2. The molecule has 3 rings (SSSR count). The van der Waals surface area contributed by atoms with E-state index in [1.807, 2.05) is 6.08 Å². The lowest BCUT2D eigenvalue weighted by Gasteiger charge is -2.22. The second kappa shape index (κ2) is 52.7. The number of nitrogens with zero attached hydrogens (tertiary/aromatic N) is 5. The topological polar surface area (TPSA) is 297 Å². The normalized spacial score (nSPS) is 21.7. The Morgan fingerprint density at radius 3 is 1.13 bits per heavy atom. The molecule has 5 N–H and O–H groups in total. The molecule has 0 radical (unpaired) electrons. The molecule has 0 bridgehead atoms. The van der Waals surface area contributed by atoms with E-state index in [4.69, 9.17) is 46.5 Å². The molecule has 3 aliphatic rings. The SMILES string of the molecule is C.C.C.CCO.Cl.[2H]C([2H])([2H])N1CC(=O)OCCCC/C=C/CCCCC(=O)NC1=NC(=O)OC(C)(C)C.[2H]C([2H])([2H])N1CC(=O)OCCCCCCCCCCC(=O)NC1=N.[2H]C([2H])([2H])N1CC(=O)OCCCCCCCCCCC(=O)NC1=NC(=O)OC(C)(C)C. The van der Waals surface area contributed by atoms with Crippen molar-refractivity contribution in [3.05, 3.63) is 12.2 Å². The quantitative estimate of drug-likeness (QED) is 0.0855. The van der Waals surface area contributed by atoms with E-state index in [0.29, 0.717) is 46.8 Å². The van der Waals surface area contributed by atoms with Crippen LogP contribution in [0.25, 0.3) is 0 Å². The number of carbonyl (C=O) groups is 8. The van der Waals surface area contributed by atoms with Crippen LogP contribution in [0.3, 0.4) is 0 Å². The fourth-order valence-corrected chi connectivity index (χ4v) is 7.05. The highest BCUT2D eigenvalue weighted by Crippen LogP contribution is 2.14. The van der Waals surface area contributed by atoms with Crippen molar-refractivity contribution >= 4 is 78.1 Å². The summed E-state index contributed by atoms with van der Waals surface area (Å²) < 4.78 is 94.4. The Labute approximate surface area is 523 Å². The second-order valence-electron chi connectivity index (χ2n) is 20.9. The van der Waals surface area contributed by atoms with Crippen molar-refractivity contribution in [2.75, 3.05) is 67.0 Å². The Morgan fingerprint density at radius 2 is 0.798 bits per heavy atom. The molecule has 0 atom stereocenters. The maximum atomic E-state index is 12.4. The van der Waals surface area contributed by atoms with Gasteiger partial charge in [0.1, 0.15) is 30.8 Å². The average molecular weight is 1230 g/mol. The Kier molecular flexibility index (Phi) is 43.2. The van der Waals surface area contributed by atoms with Gasteiger partial charge < -0.3 is 43.5 Å². The minimum Gasteiger partial charge on any atom is -0.464 e. The zero-order chi connectivity index (χ0) is 67.7. The molecule has 0 aliphatic carbocycles. The monoisotopic (exact) mass is 1230 g/mol. The Bertz CT molecular complexity index is 2270. The van der Waals surface area contributed by atoms with E-state index in [0.717, 1.165) is 109 Å². The van der Waals surface area contributed by atoms with Crippen molar-refractivity contribution < 1.29 is 79.5 Å². The Hall–Kier alpha value is -5.84. The zero-order valence-corrected chi connectivity index (χ0v) is 50.0. The van der Waals surface area contributed by atoms with Crippen LogP contribution in [-0.4, -0.2) is 164 Å². The number of aliphatic imine (C=N–C) groups is 2. The molecular formula is C60H114ClN9O14. The van der Waals surface area contributed by atoms with Crippen molar-refractivity contribution in [3.8, 4) is 0 Å². The molecule has 490 valence electrons. The summed E-state index contributed by atoms with van der Waals surface area (Å²) in [6.45, 7) is 1.85. The summed E-state index contributed by atoms with van der Waals surface area (Å²) in [5.74, 6) is -5.44. The molecule has 3 heterocycles. The van der Waals surface area contributed by atoms with Gasteiger partial charge in [-0.05, 0) is 113 Å². The van der Waals surface area contributed by atoms with E-state index >= 15 is 0 Å². The molecule has 3 aliphatic heterocycles. The fraction of sp³-hybridized carbons (Fsp3) is 0.783. The van der Waals surface area contributed by atoms with E-state index in [1.165, 1.54) is 0 Å². The number of aliphatic hydroxyl groups is 1. The molecule has 23 nitrogen and oxygen atoms in total. The number of ether oxygens (including phenoxy) is 5. The van der Waals surface area contributed by atoms with Gasteiger partial charge in [0, 0.05) is 59.1 Å². The number of guanidine groups is 3. The van der Waals surface area contributed by atoms with Gasteiger partial charge in [-0.15, -0.1) is 22.4 Å². The van der Waals surface area contributed by atoms with E-state index < -0.39 is 117 Å². The van der Waals surface area contributed by atoms with Gasteiger partial charge >= 0.3 is 30.1 Å². The molecule has 0 unspecified atom stereocenters. The number of nitrogens with one attached hydrogen (secondary N) is 4. The van der Waals surface area contributed by atoms with E-state index in [2.05, 4.69) is 32.0 Å². The first-order chi connectivity index (χ1) is 41.5. The van der Waals surface area contributed by atoms with Crippen molar-refractivity contribution in [1.82, 2.24) is 30.7 Å². The van der Waals surface area contributed by atoms with Gasteiger partial charge in [0.05, 0.1) is 19.8 Å². The van der Waals surface area contributed by atoms with Crippen molar-refractivity contribution in [3.63, 3.8) is 0 Å². The lowest BCUT2D eigenvalue weighted by molar-refractivity contribution is -0.144. The van der Waals surface area contributed by atoms with Crippen molar-refractivity contribution in [2.24, 2.45) is 9.98 Å². The number of amides is 5. The highest BCUT2D eigenvalue weighted by Gasteiger charge is 2.23. The minimum absolute atomic E-state index is 0. The molecule has 0 spiro atoms. The van der Waals surface area contributed by atoms with E-state index in [1.54, 1.807) is 48.5 Å². The number of rotatable bonds is 0. The second-order valence-corrected chi connectivity index (χ2v) is 20.9. The summed E-state index contributed by atoms with van der Waals surface area (Å²) in [4.78, 5) is 106. The third-order valence-electron chi connectivity index (χ3n) is 10.9. The molecule has 0 aromatic heterocycles. The lowest BCUT2D eigenvalue weighted by atomic mass is 10.1. The van der Waals surface area contributed by atoms with Gasteiger partial charge in [-0.3, -0.25) is 50.1 Å². The minimum atomic E-state index is -2.86. The van der Waals surface area contributed by atoms with Crippen LogP contribution in [0.2, 0.25) is 0 Å².